The first kappa shape index (κ1) is 16.1. The summed E-state index contributed by atoms with van der Waals surface area (Å²) in [6.45, 7) is 4.68. The minimum Gasteiger partial charge on any atom is -0.486 e. The Labute approximate surface area is 143 Å². The van der Waals surface area contributed by atoms with Gasteiger partial charge in [-0.15, -0.1) is 0 Å². The molecule has 0 aromatic heterocycles. The van der Waals surface area contributed by atoms with Crippen LogP contribution in [-0.2, 0) is 10.0 Å². The SMILES string of the molecule is Cc1ccc(NS(=O)(=O)c2cc3c(cc2Br)OCCO3)c(C)c1. The molecule has 1 aliphatic rings. The predicted molar refractivity (Wildman–Crippen MR) is 91.9 cm³/mol. The molecule has 122 valence electrons. The van der Waals surface area contributed by atoms with E-state index in [1.54, 1.807) is 12.1 Å². The van der Waals surface area contributed by atoms with E-state index in [4.69, 9.17) is 9.47 Å². The van der Waals surface area contributed by atoms with E-state index >= 15 is 0 Å². The van der Waals surface area contributed by atoms with Gasteiger partial charge in [0.25, 0.3) is 10.0 Å². The Morgan fingerprint density at radius 2 is 1.70 bits per heavy atom. The van der Waals surface area contributed by atoms with E-state index < -0.39 is 10.0 Å². The zero-order valence-electron chi connectivity index (χ0n) is 12.7. The Morgan fingerprint density at radius 3 is 2.35 bits per heavy atom. The maximum atomic E-state index is 12.7. The van der Waals surface area contributed by atoms with Crippen LogP contribution in [0.3, 0.4) is 0 Å². The van der Waals surface area contributed by atoms with Crippen molar-refractivity contribution in [2.45, 2.75) is 18.7 Å². The van der Waals surface area contributed by atoms with Crippen LogP contribution in [0.15, 0.2) is 39.7 Å². The van der Waals surface area contributed by atoms with Crippen molar-refractivity contribution in [3.63, 3.8) is 0 Å². The molecule has 1 heterocycles. The van der Waals surface area contributed by atoms with Crippen LogP contribution in [0.5, 0.6) is 11.5 Å². The molecule has 1 aliphatic heterocycles. The molecule has 0 fully saturated rings. The number of anilines is 1. The van der Waals surface area contributed by atoms with Gasteiger partial charge in [-0.1, -0.05) is 17.7 Å². The summed E-state index contributed by atoms with van der Waals surface area (Å²) in [6.07, 6.45) is 0. The van der Waals surface area contributed by atoms with Crippen molar-refractivity contribution in [2.24, 2.45) is 0 Å². The van der Waals surface area contributed by atoms with Gasteiger partial charge < -0.3 is 9.47 Å². The Kier molecular flexibility index (Phi) is 4.25. The smallest absolute Gasteiger partial charge is 0.263 e. The maximum Gasteiger partial charge on any atom is 0.263 e. The molecule has 3 rings (SSSR count). The molecule has 0 unspecified atom stereocenters. The van der Waals surface area contributed by atoms with Crippen LogP contribution in [-0.4, -0.2) is 21.6 Å². The van der Waals surface area contributed by atoms with Crippen LogP contribution >= 0.6 is 15.9 Å². The summed E-state index contributed by atoms with van der Waals surface area (Å²) in [5, 5.41) is 0. The van der Waals surface area contributed by atoms with Gasteiger partial charge in [0, 0.05) is 10.5 Å². The average Bonchev–Trinajstić information content (AvgIpc) is 2.49. The minimum absolute atomic E-state index is 0.113. The van der Waals surface area contributed by atoms with E-state index in [2.05, 4.69) is 20.7 Å². The highest BCUT2D eigenvalue weighted by atomic mass is 79.9. The molecule has 0 saturated carbocycles. The fourth-order valence-electron chi connectivity index (χ4n) is 2.38. The summed E-state index contributed by atoms with van der Waals surface area (Å²) in [5.74, 6) is 0.967. The van der Waals surface area contributed by atoms with Gasteiger partial charge in [0.1, 0.15) is 18.1 Å². The number of nitrogens with one attached hydrogen (secondary N) is 1. The number of ether oxygens (including phenoxy) is 2. The summed E-state index contributed by atoms with van der Waals surface area (Å²) in [5.41, 5.74) is 2.49. The first-order valence-corrected chi connectivity index (χ1v) is 9.34. The number of halogens is 1. The van der Waals surface area contributed by atoms with Crippen molar-refractivity contribution in [3.8, 4) is 11.5 Å². The zero-order chi connectivity index (χ0) is 16.6. The van der Waals surface area contributed by atoms with Gasteiger partial charge >= 0.3 is 0 Å². The highest BCUT2D eigenvalue weighted by molar-refractivity contribution is 9.10. The van der Waals surface area contributed by atoms with Crippen molar-refractivity contribution in [1.29, 1.82) is 0 Å². The predicted octanol–water partition coefficient (Wildman–Crippen LogP) is 3.64. The van der Waals surface area contributed by atoms with Gasteiger partial charge in [-0.2, -0.15) is 0 Å². The molecule has 0 saturated heterocycles. The van der Waals surface area contributed by atoms with Gasteiger partial charge in [0.05, 0.1) is 5.69 Å². The summed E-state index contributed by atoms with van der Waals surface area (Å²) in [6, 6.07) is 8.64. The average molecular weight is 398 g/mol. The Balaban J connectivity index is 1.99. The number of fused-ring (bicyclic) bond motifs is 1. The van der Waals surface area contributed by atoms with Crippen molar-refractivity contribution in [1.82, 2.24) is 0 Å². The van der Waals surface area contributed by atoms with E-state index in [9.17, 15) is 8.42 Å². The lowest BCUT2D eigenvalue weighted by Crippen LogP contribution is -2.18. The molecule has 0 aliphatic carbocycles. The summed E-state index contributed by atoms with van der Waals surface area (Å²) in [4.78, 5) is 0.113. The third-order valence-electron chi connectivity index (χ3n) is 3.51. The monoisotopic (exact) mass is 397 g/mol. The molecule has 23 heavy (non-hydrogen) atoms. The van der Waals surface area contributed by atoms with Gasteiger partial charge in [-0.05, 0) is 47.5 Å². The molecule has 0 radical (unpaired) electrons. The van der Waals surface area contributed by atoms with Crippen molar-refractivity contribution in [2.75, 3.05) is 17.9 Å². The topological polar surface area (TPSA) is 64.6 Å². The summed E-state index contributed by atoms with van der Waals surface area (Å²) >= 11 is 3.30. The van der Waals surface area contributed by atoms with Gasteiger partial charge in [0.2, 0.25) is 0 Å². The molecule has 0 bridgehead atoms. The van der Waals surface area contributed by atoms with Crippen LogP contribution in [0.2, 0.25) is 0 Å². The number of hydrogen-bond acceptors (Lipinski definition) is 4. The Bertz CT molecular complexity index is 865. The second-order valence-electron chi connectivity index (χ2n) is 5.35. The third-order valence-corrected chi connectivity index (χ3v) is 5.84. The molecule has 2 aromatic carbocycles. The van der Waals surface area contributed by atoms with Crippen molar-refractivity contribution < 1.29 is 17.9 Å². The number of sulfonamides is 1. The molecule has 0 amide bonds. The summed E-state index contributed by atoms with van der Waals surface area (Å²) < 4.78 is 39.4. The highest BCUT2D eigenvalue weighted by Crippen LogP contribution is 2.38. The lowest BCUT2D eigenvalue weighted by molar-refractivity contribution is 0.171. The molecule has 7 heteroatoms. The van der Waals surface area contributed by atoms with Crippen LogP contribution in [0.4, 0.5) is 5.69 Å². The lowest BCUT2D eigenvalue weighted by atomic mass is 10.1. The van der Waals surface area contributed by atoms with Crippen molar-refractivity contribution >= 4 is 31.6 Å². The third kappa shape index (κ3) is 3.30. The van der Waals surface area contributed by atoms with E-state index in [1.165, 1.54) is 6.07 Å². The fourth-order valence-corrected chi connectivity index (χ4v) is 4.55. The van der Waals surface area contributed by atoms with E-state index in [-0.39, 0.29) is 4.90 Å². The van der Waals surface area contributed by atoms with E-state index in [0.29, 0.717) is 34.9 Å². The van der Waals surface area contributed by atoms with Gasteiger partial charge in [0.15, 0.2) is 11.5 Å². The first-order valence-electron chi connectivity index (χ1n) is 7.06. The fraction of sp³-hybridized carbons (Fsp3) is 0.250. The number of benzene rings is 2. The second kappa shape index (κ2) is 6.05. The van der Waals surface area contributed by atoms with Gasteiger partial charge in [-0.3, -0.25) is 4.72 Å². The van der Waals surface area contributed by atoms with Crippen LogP contribution in [0.1, 0.15) is 11.1 Å². The van der Waals surface area contributed by atoms with Crippen molar-refractivity contribution in [3.05, 3.63) is 45.9 Å². The highest BCUT2D eigenvalue weighted by Gasteiger charge is 2.23. The zero-order valence-corrected chi connectivity index (χ0v) is 15.1. The van der Waals surface area contributed by atoms with E-state index in [0.717, 1.165) is 11.1 Å². The van der Waals surface area contributed by atoms with Gasteiger partial charge in [-0.25, -0.2) is 8.42 Å². The van der Waals surface area contributed by atoms with Crippen LogP contribution in [0, 0.1) is 13.8 Å². The number of rotatable bonds is 3. The van der Waals surface area contributed by atoms with Crippen LogP contribution in [0.25, 0.3) is 0 Å². The first-order chi connectivity index (χ1) is 10.9. The summed E-state index contributed by atoms with van der Waals surface area (Å²) in [7, 11) is -3.75. The minimum atomic E-state index is -3.75. The standard InChI is InChI=1S/C16H16BrNO4S/c1-10-3-4-13(11(2)7-10)18-23(19,20)16-9-15-14(8-12(16)17)21-5-6-22-15/h3-4,7-9,18H,5-6H2,1-2H3. The molecular weight excluding hydrogens is 382 g/mol. The molecule has 5 nitrogen and oxygen atoms in total. The normalized spacial score (nSPS) is 13.7. The molecule has 0 atom stereocenters. The van der Waals surface area contributed by atoms with Crippen LogP contribution < -0.4 is 14.2 Å². The second-order valence-corrected chi connectivity index (χ2v) is 7.86. The molecule has 2 aromatic rings. The molecular formula is C16H16BrNO4S. The number of hydrogen-bond donors (Lipinski definition) is 1. The number of aryl methyl sites for hydroxylation is 2. The maximum absolute atomic E-state index is 12.7. The Hall–Kier alpha value is -1.73. The quantitative estimate of drug-likeness (QED) is 0.858. The molecule has 1 N–H and O–H groups in total. The largest absolute Gasteiger partial charge is 0.486 e. The van der Waals surface area contributed by atoms with E-state index in [1.807, 2.05) is 26.0 Å². The lowest BCUT2D eigenvalue weighted by Gasteiger charge is -2.20. The molecule has 0 spiro atoms. The Morgan fingerprint density at radius 1 is 1.04 bits per heavy atom.